The van der Waals surface area contributed by atoms with Crippen LogP contribution in [0.4, 0.5) is 0 Å². The Morgan fingerprint density at radius 3 is 2.82 bits per heavy atom. The van der Waals surface area contributed by atoms with E-state index in [9.17, 15) is 9.90 Å². The second-order valence-corrected chi connectivity index (χ2v) is 5.69. The minimum absolute atomic E-state index is 0.131. The van der Waals surface area contributed by atoms with E-state index >= 15 is 0 Å². The monoisotopic (exact) mass is 356 g/mol. The fourth-order valence-electron chi connectivity index (χ4n) is 1.44. The number of aliphatic hydroxyl groups is 1. The average Bonchev–Trinajstić information content (AvgIpc) is 2.54. The Hall–Kier alpha value is -0.0200. The molecule has 1 saturated heterocycles. The Morgan fingerprint density at radius 1 is 1.71 bits per heavy atom. The highest BCUT2D eigenvalue weighted by Crippen LogP contribution is 2.24. The summed E-state index contributed by atoms with van der Waals surface area (Å²) in [7, 11) is 0. The lowest BCUT2D eigenvalue weighted by molar-refractivity contribution is -0.146. The van der Waals surface area contributed by atoms with Gasteiger partial charge in [0.15, 0.2) is 17.9 Å². The third-order valence-corrected chi connectivity index (χ3v) is 2.73. The third kappa shape index (κ3) is 5.43. The van der Waals surface area contributed by atoms with Crippen molar-refractivity contribution in [2.24, 2.45) is 0 Å². The van der Waals surface area contributed by atoms with Gasteiger partial charge in [-0.05, 0) is 36.4 Å². The van der Waals surface area contributed by atoms with Gasteiger partial charge < -0.3 is 19.3 Å². The van der Waals surface area contributed by atoms with Gasteiger partial charge in [-0.2, -0.15) is 0 Å². The number of carbonyl (C=O) groups excluding carboxylic acids is 1. The average molecular weight is 356 g/mol. The number of halogens is 1. The summed E-state index contributed by atoms with van der Waals surface area (Å²) in [5, 5.41) is 9.28. The van der Waals surface area contributed by atoms with Crippen LogP contribution in [-0.2, 0) is 19.0 Å². The number of hydrogen-bond acceptors (Lipinski definition) is 5. The predicted molar refractivity (Wildman–Crippen MR) is 69.6 cm³/mol. The van der Waals surface area contributed by atoms with Gasteiger partial charge in [0.25, 0.3) is 0 Å². The molecule has 0 aromatic rings. The van der Waals surface area contributed by atoms with Crippen LogP contribution in [0.15, 0.2) is 10.2 Å². The SMILES string of the molecule is C=C(I)C(O)OCC(=O)CC1COC(C)(C)O1. The van der Waals surface area contributed by atoms with E-state index in [-0.39, 0.29) is 24.9 Å². The molecule has 17 heavy (non-hydrogen) atoms. The lowest BCUT2D eigenvalue weighted by Crippen LogP contribution is -2.25. The molecule has 5 nitrogen and oxygen atoms in total. The highest BCUT2D eigenvalue weighted by molar-refractivity contribution is 14.1. The van der Waals surface area contributed by atoms with Gasteiger partial charge in [0.1, 0.15) is 6.61 Å². The fraction of sp³-hybridized carbons (Fsp3) is 0.727. The Kier molecular flexibility index (Phi) is 5.52. The highest BCUT2D eigenvalue weighted by Gasteiger charge is 2.33. The summed E-state index contributed by atoms with van der Waals surface area (Å²) in [4.78, 5) is 11.5. The van der Waals surface area contributed by atoms with Crippen molar-refractivity contribution in [3.05, 3.63) is 10.2 Å². The third-order valence-electron chi connectivity index (χ3n) is 2.19. The first kappa shape index (κ1) is 15.0. The van der Waals surface area contributed by atoms with Crippen molar-refractivity contribution in [3.8, 4) is 0 Å². The maximum atomic E-state index is 11.5. The number of Topliss-reactive ketones (excluding diaryl/α,β-unsaturated/α-hetero) is 1. The van der Waals surface area contributed by atoms with Crippen LogP contribution in [0.2, 0.25) is 0 Å². The van der Waals surface area contributed by atoms with Crippen molar-refractivity contribution < 1.29 is 24.1 Å². The van der Waals surface area contributed by atoms with Crippen molar-refractivity contribution in [1.82, 2.24) is 0 Å². The molecule has 1 N–H and O–H groups in total. The molecule has 0 bridgehead atoms. The fourth-order valence-corrected chi connectivity index (χ4v) is 1.62. The van der Waals surface area contributed by atoms with E-state index in [1.54, 1.807) is 13.8 Å². The van der Waals surface area contributed by atoms with Gasteiger partial charge in [-0.25, -0.2) is 0 Å². The number of ether oxygens (including phenoxy) is 3. The maximum Gasteiger partial charge on any atom is 0.186 e. The van der Waals surface area contributed by atoms with E-state index in [0.29, 0.717) is 10.2 Å². The van der Waals surface area contributed by atoms with Crippen LogP contribution < -0.4 is 0 Å². The first-order valence-corrected chi connectivity index (χ1v) is 6.35. The topological polar surface area (TPSA) is 65.0 Å². The minimum atomic E-state index is -1.10. The molecule has 0 amide bonds. The van der Waals surface area contributed by atoms with Crippen LogP contribution >= 0.6 is 22.6 Å². The summed E-state index contributed by atoms with van der Waals surface area (Å²) < 4.78 is 16.2. The van der Waals surface area contributed by atoms with Crippen molar-refractivity contribution >= 4 is 28.4 Å². The van der Waals surface area contributed by atoms with E-state index in [4.69, 9.17) is 14.2 Å². The zero-order chi connectivity index (χ0) is 13.1. The van der Waals surface area contributed by atoms with Crippen molar-refractivity contribution in [3.63, 3.8) is 0 Å². The number of hydrogen-bond donors (Lipinski definition) is 1. The summed E-state index contributed by atoms with van der Waals surface area (Å²) in [6, 6.07) is 0. The van der Waals surface area contributed by atoms with Gasteiger partial charge in [-0.15, -0.1) is 0 Å². The summed E-state index contributed by atoms with van der Waals surface area (Å²) in [6.45, 7) is 7.37. The number of ketones is 1. The van der Waals surface area contributed by atoms with Gasteiger partial charge in [0.2, 0.25) is 0 Å². The van der Waals surface area contributed by atoms with Gasteiger partial charge in [-0.1, -0.05) is 6.58 Å². The van der Waals surface area contributed by atoms with Crippen LogP contribution in [0.1, 0.15) is 20.3 Å². The molecule has 1 rings (SSSR count). The van der Waals surface area contributed by atoms with E-state index in [0.717, 1.165) is 0 Å². The summed E-state index contributed by atoms with van der Waals surface area (Å²) in [5.74, 6) is -0.755. The molecule has 6 heteroatoms. The van der Waals surface area contributed by atoms with Crippen molar-refractivity contribution in [1.29, 1.82) is 0 Å². The van der Waals surface area contributed by atoms with Gasteiger partial charge >= 0.3 is 0 Å². The first-order valence-electron chi connectivity index (χ1n) is 5.27. The molecule has 1 aliphatic rings. The van der Waals surface area contributed by atoms with E-state index in [1.165, 1.54) is 0 Å². The second-order valence-electron chi connectivity index (χ2n) is 4.30. The lowest BCUT2D eigenvalue weighted by atomic mass is 10.2. The Balaban J connectivity index is 2.24. The van der Waals surface area contributed by atoms with Crippen LogP contribution in [-0.4, -0.2) is 42.3 Å². The van der Waals surface area contributed by atoms with Gasteiger partial charge in [0, 0.05) is 10.0 Å². The molecule has 1 heterocycles. The van der Waals surface area contributed by atoms with E-state index < -0.39 is 12.1 Å². The minimum Gasteiger partial charge on any atom is -0.364 e. The Labute approximate surface area is 114 Å². The van der Waals surface area contributed by atoms with Crippen LogP contribution in [0.3, 0.4) is 0 Å². The van der Waals surface area contributed by atoms with Crippen LogP contribution in [0.5, 0.6) is 0 Å². The molecule has 0 aromatic carbocycles. The molecule has 1 fully saturated rings. The largest absolute Gasteiger partial charge is 0.364 e. The number of rotatable bonds is 6. The molecular weight excluding hydrogens is 339 g/mol. The van der Waals surface area contributed by atoms with Crippen molar-refractivity contribution in [2.75, 3.05) is 13.2 Å². The molecule has 0 aliphatic carbocycles. The quantitative estimate of drug-likeness (QED) is 0.576. The lowest BCUT2D eigenvalue weighted by Gasteiger charge is -2.17. The highest BCUT2D eigenvalue weighted by atomic mass is 127. The summed E-state index contributed by atoms with van der Waals surface area (Å²) in [5.41, 5.74) is 0. The molecule has 98 valence electrons. The molecule has 2 atom stereocenters. The summed E-state index contributed by atoms with van der Waals surface area (Å²) in [6.07, 6.45) is -1.11. The van der Waals surface area contributed by atoms with E-state index in [1.807, 2.05) is 22.6 Å². The standard InChI is InChI=1S/C11H17IO5/c1-7(12)10(14)15-5-8(13)4-9-6-16-11(2,3)17-9/h9-10,14H,1,4-6H2,2-3H3. The van der Waals surface area contributed by atoms with Gasteiger partial charge in [-0.3, -0.25) is 4.79 Å². The first-order chi connectivity index (χ1) is 7.80. The molecular formula is C11H17IO5. The normalized spacial score (nSPS) is 24.6. The molecule has 0 radical (unpaired) electrons. The second kappa shape index (κ2) is 6.24. The molecule has 1 aliphatic heterocycles. The summed E-state index contributed by atoms with van der Waals surface area (Å²) >= 11 is 1.84. The van der Waals surface area contributed by atoms with Gasteiger partial charge in [0.05, 0.1) is 12.7 Å². The molecule has 0 spiro atoms. The van der Waals surface area contributed by atoms with E-state index in [2.05, 4.69) is 6.58 Å². The zero-order valence-corrected chi connectivity index (χ0v) is 12.1. The van der Waals surface area contributed by atoms with Crippen LogP contribution in [0, 0.1) is 0 Å². The van der Waals surface area contributed by atoms with Crippen molar-refractivity contribution in [2.45, 2.75) is 38.4 Å². The smallest absolute Gasteiger partial charge is 0.186 e. The number of carbonyl (C=O) groups is 1. The molecule has 2 unspecified atom stereocenters. The maximum absolute atomic E-state index is 11.5. The predicted octanol–water partition coefficient (Wildman–Crippen LogP) is 1.38. The zero-order valence-electron chi connectivity index (χ0n) is 9.94. The Bertz CT molecular complexity index is 302. The molecule has 0 aromatic heterocycles. The Morgan fingerprint density at radius 2 is 2.35 bits per heavy atom. The number of aliphatic hydroxyl groups excluding tert-OH is 1. The molecule has 0 saturated carbocycles. The van der Waals surface area contributed by atoms with Crippen LogP contribution in [0.25, 0.3) is 0 Å².